The average molecular weight is 422 g/mol. The van der Waals surface area contributed by atoms with E-state index in [9.17, 15) is 23.1 Å². The van der Waals surface area contributed by atoms with E-state index in [1.807, 2.05) is 6.92 Å². The maximum Gasteiger partial charge on any atom is 0.339 e. The molecule has 0 aliphatic carbocycles. The van der Waals surface area contributed by atoms with Gasteiger partial charge in [0.05, 0.1) is 17.7 Å². The number of piperazine rings is 1. The van der Waals surface area contributed by atoms with Gasteiger partial charge in [0.1, 0.15) is 17.0 Å². The van der Waals surface area contributed by atoms with Crippen molar-refractivity contribution in [2.75, 3.05) is 32.8 Å². The van der Waals surface area contributed by atoms with E-state index >= 15 is 0 Å². The molecule has 1 aromatic heterocycles. The molecule has 3 rings (SSSR count). The number of benzene rings is 1. The van der Waals surface area contributed by atoms with E-state index in [0.29, 0.717) is 12.4 Å². The summed E-state index contributed by atoms with van der Waals surface area (Å²) in [5.74, 6) is -1.13. The van der Waals surface area contributed by atoms with Gasteiger partial charge < -0.3 is 14.7 Å². The highest BCUT2D eigenvalue weighted by Crippen LogP contribution is 2.22. The summed E-state index contributed by atoms with van der Waals surface area (Å²) in [6, 6.07) is 6.19. The molecular formula is C18H22N4O6S. The zero-order chi connectivity index (χ0) is 21.2. The molecule has 1 N–H and O–H groups in total. The number of carbonyl (C=O) groups is 2. The van der Waals surface area contributed by atoms with Gasteiger partial charge in [0.2, 0.25) is 10.0 Å². The lowest BCUT2D eigenvalue weighted by atomic mass is 10.2. The number of aromatic nitrogens is 2. The Bertz CT molecular complexity index is 1010. The summed E-state index contributed by atoms with van der Waals surface area (Å²) in [7, 11) is -2.21. The van der Waals surface area contributed by atoms with Gasteiger partial charge in [0.15, 0.2) is 0 Å². The molecule has 0 spiro atoms. The molecule has 2 aromatic rings. The minimum atomic E-state index is -3.70. The number of aryl methyl sites for hydroxylation is 1. The number of rotatable bonds is 6. The molecule has 1 saturated heterocycles. The number of ether oxygens (including phenoxy) is 1. The van der Waals surface area contributed by atoms with Crippen LogP contribution in [0.4, 0.5) is 0 Å². The van der Waals surface area contributed by atoms with Gasteiger partial charge in [0.25, 0.3) is 5.91 Å². The average Bonchev–Trinajstić information content (AvgIpc) is 3.10. The molecule has 2 heterocycles. The Morgan fingerprint density at radius 3 is 2.31 bits per heavy atom. The molecule has 1 amide bonds. The first-order valence-electron chi connectivity index (χ1n) is 9.03. The van der Waals surface area contributed by atoms with E-state index < -0.39 is 21.9 Å². The lowest BCUT2D eigenvalue weighted by Gasteiger charge is -2.34. The van der Waals surface area contributed by atoms with E-state index in [1.54, 1.807) is 12.1 Å². The highest BCUT2D eigenvalue weighted by Gasteiger charge is 2.33. The van der Waals surface area contributed by atoms with Crippen molar-refractivity contribution in [3.63, 3.8) is 0 Å². The van der Waals surface area contributed by atoms with Crippen molar-refractivity contribution in [3.8, 4) is 5.75 Å². The van der Waals surface area contributed by atoms with Crippen molar-refractivity contribution in [3.05, 3.63) is 41.7 Å². The molecule has 0 saturated carbocycles. The second-order valence-electron chi connectivity index (χ2n) is 6.44. The molecule has 1 aliphatic rings. The Labute approximate surface area is 168 Å². The number of nitrogens with zero attached hydrogens (tertiary/aromatic N) is 4. The summed E-state index contributed by atoms with van der Waals surface area (Å²) in [5.41, 5.74) is -0.206. The maximum absolute atomic E-state index is 12.8. The van der Waals surface area contributed by atoms with Crippen molar-refractivity contribution in [2.24, 2.45) is 7.05 Å². The second kappa shape index (κ2) is 8.21. The standard InChI is InChI=1S/C18H22N4O6S/c1-3-28-13-4-6-14(7-5-13)29(26,27)22-10-8-21(9-11-22)17(23)16-15(18(24)25)12-19-20(16)2/h4-7,12H,3,8-11H2,1-2H3,(H,24,25). The van der Waals surface area contributed by atoms with Gasteiger partial charge in [-0.1, -0.05) is 0 Å². The monoisotopic (exact) mass is 422 g/mol. The van der Waals surface area contributed by atoms with Gasteiger partial charge in [-0.2, -0.15) is 9.40 Å². The zero-order valence-corrected chi connectivity index (χ0v) is 16.9. The Kier molecular flexibility index (Phi) is 5.89. The van der Waals surface area contributed by atoms with E-state index in [4.69, 9.17) is 4.74 Å². The zero-order valence-electron chi connectivity index (χ0n) is 16.1. The third-order valence-corrected chi connectivity index (χ3v) is 6.58. The molecule has 10 nitrogen and oxygen atoms in total. The highest BCUT2D eigenvalue weighted by atomic mass is 32.2. The van der Waals surface area contributed by atoms with Gasteiger partial charge in [0, 0.05) is 33.2 Å². The predicted octanol–water partition coefficient (Wildman–Crippen LogP) is 0.664. The molecule has 0 unspecified atom stereocenters. The van der Waals surface area contributed by atoms with Crippen LogP contribution in [-0.4, -0.2) is 77.2 Å². The van der Waals surface area contributed by atoms with Crippen molar-refractivity contribution < 1.29 is 27.9 Å². The van der Waals surface area contributed by atoms with Crippen LogP contribution >= 0.6 is 0 Å². The minimum absolute atomic E-state index is 0.0275. The number of carboxylic acid groups (broad SMARTS) is 1. The first-order valence-corrected chi connectivity index (χ1v) is 10.5. The van der Waals surface area contributed by atoms with Gasteiger partial charge in [-0.15, -0.1) is 0 Å². The fourth-order valence-corrected chi connectivity index (χ4v) is 4.57. The van der Waals surface area contributed by atoms with Gasteiger partial charge in [-0.05, 0) is 31.2 Å². The highest BCUT2D eigenvalue weighted by molar-refractivity contribution is 7.89. The van der Waals surface area contributed by atoms with Crippen LogP contribution in [0.25, 0.3) is 0 Å². The van der Waals surface area contributed by atoms with E-state index in [-0.39, 0.29) is 42.3 Å². The molecule has 1 aliphatic heterocycles. The molecule has 0 radical (unpaired) electrons. The number of carbonyl (C=O) groups excluding carboxylic acids is 1. The maximum atomic E-state index is 12.8. The molecule has 1 aromatic carbocycles. The Balaban J connectivity index is 1.71. The van der Waals surface area contributed by atoms with Crippen LogP contribution in [0.2, 0.25) is 0 Å². The van der Waals surface area contributed by atoms with Crippen LogP contribution in [0, 0.1) is 0 Å². The van der Waals surface area contributed by atoms with Crippen molar-refractivity contribution in [2.45, 2.75) is 11.8 Å². The number of sulfonamides is 1. The Morgan fingerprint density at radius 2 is 1.76 bits per heavy atom. The number of hydrogen-bond donors (Lipinski definition) is 1. The summed E-state index contributed by atoms with van der Waals surface area (Å²) >= 11 is 0. The summed E-state index contributed by atoms with van der Waals surface area (Å²) < 4.78 is 33.6. The second-order valence-corrected chi connectivity index (χ2v) is 8.37. The van der Waals surface area contributed by atoms with Crippen molar-refractivity contribution >= 4 is 21.9 Å². The van der Waals surface area contributed by atoms with E-state index in [1.165, 1.54) is 33.1 Å². The fraction of sp³-hybridized carbons (Fsp3) is 0.389. The SMILES string of the molecule is CCOc1ccc(S(=O)(=O)N2CCN(C(=O)c3c(C(=O)O)cnn3C)CC2)cc1. The summed E-state index contributed by atoms with van der Waals surface area (Å²) in [6.07, 6.45) is 1.13. The van der Waals surface area contributed by atoms with Crippen LogP contribution in [0.15, 0.2) is 35.4 Å². The first-order chi connectivity index (χ1) is 13.8. The number of hydrogen-bond acceptors (Lipinski definition) is 6. The summed E-state index contributed by atoms with van der Waals surface area (Å²) in [5, 5.41) is 13.1. The smallest absolute Gasteiger partial charge is 0.339 e. The fourth-order valence-electron chi connectivity index (χ4n) is 3.15. The van der Waals surface area contributed by atoms with Crippen LogP contribution in [-0.2, 0) is 17.1 Å². The van der Waals surface area contributed by atoms with Gasteiger partial charge in [-0.25, -0.2) is 13.2 Å². The molecule has 29 heavy (non-hydrogen) atoms. The topological polar surface area (TPSA) is 122 Å². The van der Waals surface area contributed by atoms with E-state index in [0.717, 1.165) is 6.20 Å². The number of aromatic carboxylic acids is 1. The van der Waals surface area contributed by atoms with Crippen LogP contribution < -0.4 is 4.74 Å². The largest absolute Gasteiger partial charge is 0.494 e. The quantitative estimate of drug-likeness (QED) is 0.726. The molecule has 1 fully saturated rings. The molecule has 11 heteroatoms. The number of carboxylic acids is 1. The van der Waals surface area contributed by atoms with Crippen molar-refractivity contribution in [1.29, 1.82) is 0 Å². The van der Waals surface area contributed by atoms with E-state index in [2.05, 4.69) is 5.10 Å². The lowest BCUT2D eigenvalue weighted by molar-refractivity contribution is 0.0649. The summed E-state index contributed by atoms with van der Waals surface area (Å²) in [4.78, 5) is 25.7. The van der Waals surface area contributed by atoms with Crippen LogP contribution in [0.3, 0.4) is 0 Å². The third-order valence-electron chi connectivity index (χ3n) is 4.67. The number of amides is 1. The van der Waals surface area contributed by atoms with Gasteiger partial charge >= 0.3 is 5.97 Å². The minimum Gasteiger partial charge on any atom is -0.494 e. The molecular weight excluding hydrogens is 400 g/mol. The predicted molar refractivity (Wildman–Crippen MR) is 102 cm³/mol. The Morgan fingerprint density at radius 1 is 1.14 bits per heavy atom. The third kappa shape index (κ3) is 4.10. The molecule has 0 atom stereocenters. The van der Waals surface area contributed by atoms with Crippen LogP contribution in [0.1, 0.15) is 27.8 Å². The molecule has 0 bridgehead atoms. The van der Waals surface area contributed by atoms with Crippen molar-refractivity contribution in [1.82, 2.24) is 19.0 Å². The summed E-state index contributed by atoms with van der Waals surface area (Å²) in [6.45, 7) is 2.86. The lowest BCUT2D eigenvalue weighted by Crippen LogP contribution is -2.51. The first kappa shape index (κ1) is 20.8. The normalized spacial score (nSPS) is 15.3. The Hall–Kier alpha value is -2.92. The van der Waals surface area contributed by atoms with Crippen LogP contribution in [0.5, 0.6) is 5.75 Å². The molecule has 156 valence electrons. The van der Waals surface area contributed by atoms with Gasteiger partial charge in [-0.3, -0.25) is 9.48 Å².